The molecule has 1 aliphatic carbocycles. The number of H-pyrrole nitrogens is 1. The molecule has 0 radical (unpaired) electrons. The zero-order valence-electron chi connectivity index (χ0n) is 14.4. The number of carbonyl (C=O) groups is 1. The van der Waals surface area contributed by atoms with Crippen LogP contribution in [0.2, 0.25) is 0 Å². The Morgan fingerprint density at radius 1 is 1.25 bits per heavy atom. The Bertz CT molecular complexity index is 660. The molecule has 3 N–H and O–H groups in total. The van der Waals surface area contributed by atoms with Crippen LogP contribution in [0.5, 0.6) is 0 Å². The van der Waals surface area contributed by atoms with Crippen LogP contribution in [-0.4, -0.2) is 28.7 Å². The van der Waals surface area contributed by atoms with Crippen molar-refractivity contribution in [2.24, 2.45) is 5.92 Å². The Hall–Kier alpha value is -2.14. The molecule has 5 nitrogen and oxygen atoms in total. The summed E-state index contributed by atoms with van der Waals surface area (Å²) in [7, 11) is 0. The highest BCUT2D eigenvalue weighted by molar-refractivity contribution is 5.93. The lowest BCUT2D eigenvalue weighted by atomic mass is 9.94. The summed E-state index contributed by atoms with van der Waals surface area (Å²) in [5, 5.41) is 13.4. The number of benzene rings is 1. The number of carbonyl (C=O) groups excluding carboxylic acids is 1. The fourth-order valence-corrected chi connectivity index (χ4v) is 3.61. The molecule has 3 rings (SSSR count). The lowest BCUT2D eigenvalue weighted by Crippen LogP contribution is -2.39. The lowest BCUT2D eigenvalue weighted by Gasteiger charge is -2.21. The van der Waals surface area contributed by atoms with E-state index in [2.05, 4.69) is 51.2 Å². The summed E-state index contributed by atoms with van der Waals surface area (Å²) < 4.78 is 0. The lowest BCUT2D eigenvalue weighted by molar-refractivity contribution is -0.115. The maximum atomic E-state index is 12.2. The summed E-state index contributed by atoms with van der Waals surface area (Å²) in [4.78, 5) is 12.2. The van der Waals surface area contributed by atoms with Gasteiger partial charge < -0.3 is 10.6 Å². The first-order valence-electron chi connectivity index (χ1n) is 8.72. The molecule has 5 heteroatoms. The van der Waals surface area contributed by atoms with Crippen molar-refractivity contribution in [3.8, 4) is 0 Å². The SMILES string of the molecule is Cc1n[nH]c(C)c1NC(=O)CN[C@@H]1CCC[C@@H]1Cc1ccccc1. The Kier molecular flexibility index (Phi) is 5.30. The van der Waals surface area contributed by atoms with Crippen molar-refractivity contribution >= 4 is 11.6 Å². The third kappa shape index (κ3) is 4.03. The molecule has 24 heavy (non-hydrogen) atoms. The Morgan fingerprint density at radius 2 is 2.04 bits per heavy atom. The van der Waals surface area contributed by atoms with Crippen LogP contribution in [0.4, 0.5) is 5.69 Å². The predicted molar refractivity (Wildman–Crippen MR) is 96.0 cm³/mol. The van der Waals surface area contributed by atoms with Crippen LogP contribution in [0.1, 0.15) is 36.2 Å². The van der Waals surface area contributed by atoms with Crippen molar-refractivity contribution in [2.45, 2.75) is 45.6 Å². The van der Waals surface area contributed by atoms with Crippen molar-refractivity contribution in [3.63, 3.8) is 0 Å². The molecule has 128 valence electrons. The summed E-state index contributed by atoms with van der Waals surface area (Å²) in [6.45, 7) is 4.15. The van der Waals surface area contributed by atoms with E-state index in [4.69, 9.17) is 0 Å². The van der Waals surface area contributed by atoms with Gasteiger partial charge >= 0.3 is 0 Å². The van der Waals surface area contributed by atoms with Gasteiger partial charge in [-0.15, -0.1) is 0 Å². The van der Waals surface area contributed by atoms with E-state index in [0.29, 0.717) is 18.5 Å². The third-order valence-corrected chi connectivity index (χ3v) is 4.92. The van der Waals surface area contributed by atoms with E-state index in [-0.39, 0.29) is 5.91 Å². The zero-order valence-corrected chi connectivity index (χ0v) is 14.4. The number of rotatable bonds is 6. The highest BCUT2D eigenvalue weighted by Gasteiger charge is 2.27. The van der Waals surface area contributed by atoms with E-state index in [1.807, 2.05) is 13.8 Å². The van der Waals surface area contributed by atoms with Crippen LogP contribution in [-0.2, 0) is 11.2 Å². The van der Waals surface area contributed by atoms with Crippen molar-refractivity contribution in [3.05, 3.63) is 47.3 Å². The molecule has 1 aliphatic rings. The summed E-state index contributed by atoms with van der Waals surface area (Å²) in [6.07, 6.45) is 4.69. The van der Waals surface area contributed by atoms with Gasteiger partial charge in [-0.05, 0) is 44.6 Å². The molecule has 1 amide bonds. The van der Waals surface area contributed by atoms with E-state index in [0.717, 1.165) is 29.9 Å². The first-order chi connectivity index (χ1) is 11.6. The minimum absolute atomic E-state index is 0.00652. The summed E-state index contributed by atoms with van der Waals surface area (Å²) in [6, 6.07) is 11.0. The minimum atomic E-state index is -0.00652. The Morgan fingerprint density at radius 3 is 2.75 bits per heavy atom. The number of aromatic nitrogens is 2. The van der Waals surface area contributed by atoms with E-state index in [9.17, 15) is 4.79 Å². The Balaban J connectivity index is 1.51. The van der Waals surface area contributed by atoms with E-state index >= 15 is 0 Å². The second kappa shape index (κ2) is 7.62. The normalized spacial score (nSPS) is 20.2. The van der Waals surface area contributed by atoms with Crippen LogP contribution in [0.15, 0.2) is 30.3 Å². The molecule has 2 atom stereocenters. The molecule has 0 aliphatic heterocycles. The van der Waals surface area contributed by atoms with Crippen LogP contribution < -0.4 is 10.6 Å². The molecular weight excluding hydrogens is 300 g/mol. The highest BCUT2D eigenvalue weighted by Crippen LogP contribution is 2.28. The largest absolute Gasteiger partial charge is 0.322 e. The number of aromatic amines is 1. The molecular formula is C19H26N4O. The van der Waals surface area contributed by atoms with E-state index in [1.165, 1.54) is 18.4 Å². The van der Waals surface area contributed by atoms with Gasteiger partial charge in [0.15, 0.2) is 0 Å². The predicted octanol–water partition coefficient (Wildman–Crippen LogP) is 2.97. The quantitative estimate of drug-likeness (QED) is 0.764. The van der Waals surface area contributed by atoms with Crippen LogP contribution in [0.25, 0.3) is 0 Å². The number of aryl methyl sites for hydroxylation is 2. The topological polar surface area (TPSA) is 69.8 Å². The van der Waals surface area contributed by atoms with E-state index in [1.54, 1.807) is 0 Å². The second-order valence-corrected chi connectivity index (χ2v) is 6.73. The third-order valence-electron chi connectivity index (χ3n) is 4.92. The molecule has 1 aromatic heterocycles. The van der Waals surface area contributed by atoms with Gasteiger partial charge in [-0.25, -0.2) is 0 Å². The molecule has 2 aromatic rings. The van der Waals surface area contributed by atoms with Gasteiger partial charge in [0, 0.05) is 6.04 Å². The molecule has 0 unspecified atom stereocenters. The highest BCUT2D eigenvalue weighted by atomic mass is 16.1. The average Bonchev–Trinajstić information content (AvgIpc) is 3.15. The van der Waals surface area contributed by atoms with Gasteiger partial charge in [0.05, 0.1) is 23.6 Å². The molecule has 1 aromatic carbocycles. The molecule has 1 heterocycles. The van der Waals surface area contributed by atoms with Crippen molar-refractivity contribution < 1.29 is 4.79 Å². The Labute approximate surface area is 143 Å². The fraction of sp³-hybridized carbons (Fsp3) is 0.474. The molecule has 1 saturated carbocycles. The van der Waals surface area contributed by atoms with Crippen molar-refractivity contribution in [1.29, 1.82) is 0 Å². The number of hydrogen-bond acceptors (Lipinski definition) is 3. The smallest absolute Gasteiger partial charge is 0.238 e. The number of anilines is 1. The zero-order chi connectivity index (χ0) is 16.9. The molecule has 0 bridgehead atoms. The summed E-state index contributed by atoms with van der Waals surface area (Å²) in [5.41, 5.74) is 3.90. The first kappa shape index (κ1) is 16.7. The minimum Gasteiger partial charge on any atom is -0.322 e. The second-order valence-electron chi connectivity index (χ2n) is 6.73. The first-order valence-corrected chi connectivity index (χ1v) is 8.72. The van der Waals surface area contributed by atoms with Crippen LogP contribution in [0, 0.1) is 19.8 Å². The molecule has 0 saturated heterocycles. The van der Waals surface area contributed by atoms with Gasteiger partial charge in [0.2, 0.25) is 5.91 Å². The number of nitrogens with one attached hydrogen (secondary N) is 3. The van der Waals surface area contributed by atoms with Crippen LogP contribution in [0.3, 0.4) is 0 Å². The molecule has 1 fully saturated rings. The maximum absolute atomic E-state index is 12.2. The number of nitrogens with zero attached hydrogens (tertiary/aromatic N) is 1. The summed E-state index contributed by atoms with van der Waals surface area (Å²) >= 11 is 0. The fourth-order valence-electron chi connectivity index (χ4n) is 3.61. The summed E-state index contributed by atoms with van der Waals surface area (Å²) in [5.74, 6) is 0.602. The van der Waals surface area contributed by atoms with Crippen molar-refractivity contribution in [2.75, 3.05) is 11.9 Å². The monoisotopic (exact) mass is 326 g/mol. The standard InChI is InChI=1S/C19H26N4O/c1-13-19(14(2)23-22-13)21-18(24)12-20-17-10-6-9-16(17)11-15-7-4-3-5-8-15/h3-5,7-8,16-17,20H,6,9-12H2,1-2H3,(H,21,24)(H,22,23)/t16-,17-/m1/s1. The van der Waals surface area contributed by atoms with E-state index < -0.39 is 0 Å². The number of hydrogen-bond donors (Lipinski definition) is 3. The van der Waals surface area contributed by atoms with Crippen molar-refractivity contribution in [1.82, 2.24) is 15.5 Å². The average molecular weight is 326 g/mol. The number of amides is 1. The van der Waals surface area contributed by atoms with Gasteiger partial charge in [-0.1, -0.05) is 36.8 Å². The van der Waals surface area contributed by atoms with Gasteiger partial charge in [0.1, 0.15) is 0 Å². The van der Waals surface area contributed by atoms with Crippen LogP contribution >= 0.6 is 0 Å². The van der Waals surface area contributed by atoms with Gasteiger partial charge in [0.25, 0.3) is 0 Å². The maximum Gasteiger partial charge on any atom is 0.238 e. The van der Waals surface area contributed by atoms with Gasteiger partial charge in [-0.2, -0.15) is 5.10 Å². The van der Waals surface area contributed by atoms with Gasteiger partial charge in [-0.3, -0.25) is 9.89 Å². The molecule has 0 spiro atoms.